The lowest BCUT2D eigenvalue weighted by Gasteiger charge is -2.10. The Kier molecular flexibility index (Phi) is 6.23. The molecule has 0 saturated carbocycles. The lowest BCUT2D eigenvalue weighted by Crippen LogP contribution is -2.27. The number of rotatable bonds is 7. The van der Waals surface area contributed by atoms with Gasteiger partial charge in [0, 0.05) is 24.9 Å². The number of nitrogens with zero attached hydrogens (tertiary/aromatic N) is 2. The average molecular weight is 298 g/mol. The molecule has 0 radical (unpaired) electrons. The molecule has 110 valence electrons. The lowest BCUT2D eigenvalue weighted by atomic mass is 10.2. The van der Waals surface area contributed by atoms with E-state index in [1.54, 1.807) is 18.8 Å². The van der Waals surface area contributed by atoms with E-state index in [-0.39, 0.29) is 11.3 Å². The maximum absolute atomic E-state index is 12.0. The number of hydrogen-bond acceptors (Lipinski definition) is 6. The van der Waals surface area contributed by atoms with Gasteiger partial charge in [-0.15, -0.1) is 0 Å². The monoisotopic (exact) mass is 298 g/mol. The molecular weight excluding hydrogens is 280 g/mol. The van der Waals surface area contributed by atoms with Crippen molar-refractivity contribution in [3.05, 3.63) is 27.9 Å². The van der Waals surface area contributed by atoms with Crippen molar-refractivity contribution in [3.8, 4) is 0 Å². The van der Waals surface area contributed by atoms with Crippen LogP contribution in [-0.4, -0.2) is 40.9 Å². The molecule has 0 saturated heterocycles. The summed E-state index contributed by atoms with van der Waals surface area (Å²) in [4.78, 5) is 26.2. The molecule has 1 atom stereocenters. The van der Waals surface area contributed by atoms with E-state index in [1.165, 1.54) is 6.07 Å². The fourth-order valence-electron chi connectivity index (χ4n) is 1.51. The first-order valence-electron chi connectivity index (χ1n) is 6.12. The van der Waals surface area contributed by atoms with E-state index in [9.17, 15) is 14.9 Å². The molecule has 1 amide bonds. The number of hydrogen-bond donors (Lipinski definition) is 2. The van der Waals surface area contributed by atoms with Gasteiger partial charge in [0.05, 0.1) is 4.92 Å². The first-order valence-corrected chi connectivity index (χ1v) is 7.41. The Morgan fingerprint density at radius 2 is 2.30 bits per heavy atom. The Morgan fingerprint density at radius 1 is 1.60 bits per heavy atom. The Bertz CT molecular complexity index is 496. The molecule has 2 N–H and O–H groups in total. The number of anilines is 1. The van der Waals surface area contributed by atoms with Crippen molar-refractivity contribution >= 4 is 29.2 Å². The molecule has 1 aromatic heterocycles. The largest absolute Gasteiger partial charge is 0.373 e. The molecule has 7 nitrogen and oxygen atoms in total. The quantitative estimate of drug-likeness (QED) is 0.589. The third-order valence-corrected chi connectivity index (χ3v) is 3.86. The number of carbonyl (C=O) groups is 1. The SMILES string of the molecule is CNc1cc(C(=O)NCCC(C)SC)c([N+](=O)[O-])cn1. The van der Waals surface area contributed by atoms with Crippen LogP contribution in [0.25, 0.3) is 0 Å². The van der Waals surface area contributed by atoms with Crippen molar-refractivity contribution in [1.29, 1.82) is 0 Å². The molecular formula is C12H18N4O3S. The molecule has 0 aliphatic carbocycles. The van der Waals surface area contributed by atoms with Gasteiger partial charge in [0.25, 0.3) is 11.6 Å². The summed E-state index contributed by atoms with van der Waals surface area (Å²) in [7, 11) is 1.63. The average Bonchev–Trinajstić information content (AvgIpc) is 2.45. The van der Waals surface area contributed by atoms with E-state index < -0.39 is 10.8 Å². The van der Waals surface area contributed by atoms with E-state index in [1.807, 2.05) is 6.26 Å². The van der Waals surface area contributed by atoms with Crippen LogP contribution in [-0.2, 0) is 0 Å². The molecule has 1 heterocycles. The molecule has 20 heavy (non-hydrogen) atoms. The molecule has 0 aliphatic rings. The van der Waals surface area contributed by atoms with Crippen molar-refractivity contribution < 1.29 is 9.72 Å². The maximum atomic E-state index is 12.0. The van der Waals surface area contributed by atoms with E-state index >= 15 is 0 Å². The van der Waals surface area contributed by atoms with Crippen LogP contribution in [0.2, 0.25) is 0 Å². The van der Waals surface area contributed by atoms with Crippen molar-refractivity contribution in [2.45, 2.75) is 18.6 Å². The fraction of sp³-hybridized carbons (Fsp3) is 0.500. The first kappa shape index (κ1) is 16.2. The van der Waals surface area contributed by atoms with Gasteiger partial charge in [-0.05, 0) is 12.7 Å². The predicted molar refractivity (Wildman–Crippen MR) is 80.4 cm³/mol. The second-order valence-corrected chi connectivity index (χ2v) is 5.46. The highest BCUT2D eigenvalue weighted by Gasteiger charge is 2.21. The highest BCUT2D eigenvalue weighted by molar-refractivity contribution is 7.99. The number of thioether (sulfide) groups is 1. The molecule has 8 heteroatoms. The van der Waals surface area contributed by atoms with Crippen LogP contribution in [0.5, 0.6) is 0 Å². The second-order valence-electron chi connectivity index (χ2n) is 4.18. The minimum absolute atomic E-state index is 0.0196. The van der Waals surface area contributed by atoms with Gasteiger partial charge in [-0.2, -0.15) is 11.8 Å². The van der Waals surface area contributed by atoms with Gasteiger partial charge in [-0.3, -0.25) is 14.9 Å². The molecule has 0 fully saturated rings. The van der Waals surface area contributed by atoms with E-state index in [4.69, 9.17) is 0 Å². The summed E-state index contributed by atoms with van der Waals surface area (Å²) >= 11 is 1.71. The zero-order valence-electron chi connectivity index (χ0n) is 11.7. The van der Waals surface area contributed by atoms with Gasteiger partial charge in [-0.25, -0.2) is 4.98 Å². The highest BCUT2D eigenvalue weighted by Crippen LogP contribution is 2.20. The number of nitrogens with one attached hydrogen (secondary N) is 2. The number of aromatic nitrogens is 1. The zero-order valence-corrected chi connectivity index (χ0v) is 12.5. The van der Waals surface area contributed by atoms with Crippen LogP contribution >= 0.6 is 11.8 Å². The summed E-state index contributed by atoms with van der Waals surface area (Å²) in [6.45, 7) is 2.54. The van der Waals surface area contributed by atoms with Gasteiger partial charge in [0.15, 0.2) is 0 Å². The van der Waals surface area contributed by atoms with Gasteiger partial charge in [-0.1, -0.05) is 6.92 Å². The molecule has 1 rings (SSSR count). The maximum Gasteiger partial charge on any atom is 0.300 e. The molecule has 0 aromatic carbocycles. The van der Waals surface area contributed by atoms with Crippen LogP contribution in [0.15, 0.2) is 12.3 Å². The normalized spacial score (nSPS) is 11.8. The summed E-state index contributed by atoms with van der Waals surface area (Å²) in [5.41, 5.74) is -0.273. The number of carbonyl (C=O) groups excluding carboxylic acids is 1. The summed E-state index contributed by atoms with van der Waals surface area (Å²) in [5, 5.41) is 16.8. The van der Waals surface area contributed by atoms with Gasteiger partial charge < -0.3 is 10.6 Å². The van der Waals surface area contributed by atoms with Crippen LogP contribution in [0.4, 0.5) is 11.5 Å². The van der Waals surface area contributed by atoms with Crippen molar-refractivity contribution in [2.75, 3.05) is 25.2 Å². The topological polar surface area (TPSA) is 97.2 Å². The number of nitro groups is 1. The van der Waals surface area contributed by atoms with Gasteiger partial charge in [0.2, 0.25) is 0 Å². The van der Waals surface area contributed by atoms with Crippen molar-refractivity contribution in [3.63, 3.8) is 0 Å². The molecule has 1 unspecified atom stereocenters. The van der Waals surface area contributed by atoms with Gasteiger partial charge >= 0.3 is 0 Å². The highest BCUT2D eigenvalue weighted by atomic mass is 32.2. The van der Waals surface area contributed by atoms with Crippen molar-refractivity contribution in [2.24, 2.45) is 0 Å². The van der Waals surface area contributed by atoms with E-state index in [2.05, 4.69) is 22.5 Å². The smallest absolute Gasteiger partial charge is 0.300 e. The third-order valence-electron chi connectivity index (χ3n) is 2.82. The van der Waals surface area contributed by atoms with Gasteiger partial charge in [0.1, 0.15) is 17.6 Å². The molecule has 0 spiro atoms. The van der Waals surface area contributed by atoms with E-state index in [0.717, 1.165) is 12.6 Å². The molecule has 0 aliphatic heterocycles. The number of amides is 1. The van der Waals surface area contributed by atoms with Crippen LogP contribution < -0.4 is 10.6 Å². The predicted octanol–water partition coefficient (Wildman–Crippen LogP) is 1.90. The van der Waals surface area contributed by atoms with Crippen LogP contribution in [0.3, 0.4) is 0 Å². The summed E-state index contributed by atoms with van der Waals surface area (Å²) in [6, 6.07) is 1.38. The van der Waals surface area contributed by atoms with E-state index in [0.29, 0.717) is 17.6 Å². The molecule has 1 aromatic rings. The first-order chi connectivity index (χ1) is 9.49. The third kappa shape index (κ3) is 4.37. The van der Waals surface area contributed by atoms with Crippen LogP contribution in [0, 0.1) is 10.1 Å². The number of pyridine rings is 1. The zero-order chi connectivity index (χ0) is 15.1. The summed E-state index contributed by atoms with van der Waals surface area (Å²) in [6.07, 6.45) is 3.90. The second kappa shape index (κ2) is 7.68. The minimum atomic E-state index is -0.605. The lowest BCUT2D eigenvalue weighted by molar-refractivity contribution is -0.385. The summed E-state index contributed by atoms with van der Waals surface area (Å²) in [5.74, 6) is -0.0397. The Balaban J connectivity index is 2.82. The Labute approximate surface area is 121 Å². The minimum Gasteiger partial charge on any atom is -0.373 e. The molecule has 0 bridgehead atoms. The summed E-state index contributed by atoms with van der Waals surface area (Å²) < 4.78 is 0. The fourth-order valence-corrected chi connectivity index (χ4v) is 1.87. The van der Waals surface area contributed by atoms with Crippen molar-refractivity contribution in [1.82, 2.24) is 10.3 Å². The Hall–Kier alpha value is -1.83. The Morgan fingerprint density at radius 3 is 2.85 bits per heavy atom. The van der Waals surface area contributed by atoms with Crippen LogP contribution in [0.1, 0.15) is 23.7 Å². The standard InChI is InChI=1S/C12H18N4O3S/c1-8(20-3)4-5-14-12(17)9-6-11(13-2)15-7-10(9)16(18)19/h6-8H,4-5H2,1-3H3,(H,13,15)(H,14,17).